The minimum Gasteiger partial charge on any atom is -0.444 e. The van der Waals surface area contributed by atoms with Gasteiger partial charge in [0.25, 0.3) is 0 Å². The Balaban J connectivity index is 1.38. The third kappa shape index (κ3) is 4.65. The van der Waals surface area contributed by atoms with Gasteiger partial charge in [0.2, 0.25) is 5.91 Å². The number of carbonyl (C=O) groups excluding carboxylic acids is 1. The van der Waals surface area contributed by atoms with Crippen LogP contribution in [0.1, 0.15) is 16.3 Å². The molecule has 4 rings (SSSR count). The average Bonchev–Trinajstić information content (AvgIpc) is 3.34. The third-order valence-corrected chi connectivity index (χ3v) is 5.18. The van der Waals surface area contributed by atoms with Gasteiger partial charge in [-0.3, -0.25) is 4.79 Å². The van der Waals surface area contributed by atoms with Crippen LogP contribution in [0.2, 0.25) is 5.02 Å². The van der Waals surface area contributed by atoms with E-state index in [9.17, 15) is 4.79 Å². The van der Waals surface area contributed by atoms with Gasteiger partial charge in [-0.15, -0.1) is 11.3 Å². The van der Waals surface area contributed by atoms with Gasteiger partial charge in [-0.1, -0.05) is 35.9 Å². The van der Waals surface area contributed by atoms with Crippen molar-refractivity contribution in [1.29, 1.82) is 0 Å². The maximum Gasteiger partial charge on any atom is 0.230 e. The fourth-order valence-corrected chi connectivity index (χ4v) is 3.85. The molecule has 7 heteroatoms. The van der Waals surface area contributed by atoms with Crippen LogP contribution in [0, 0.1) is 0 Å². The van der Waals surface area contributed by atoms with Crippen molar-refractivity contribution in [3.05, 3.63) is 87.8 Å². The summed E-state index contributed by atoms with van der Waals surface area (Å²) in [6, 6.07) is 15.2. The first-order chi connectivity index (χ1) is 13.7. The van der Waals surface area contributed by atoms with E-state index in [1.54, 1.807) is 17.5 Å². The van der Waals surface area contributed by atoms with Crippen LogP contribution in [0.5, 0.6) is 0 Å². The number of hydrogen-bond acceptors (Lipinski definition) is 5. The van der Waals surface area contributed by atoms with Gasteiger partial charge in [0.05, 0.1) is 23.3 Å². The van der Waals surface area contributed by atoms with Crippen LogP contribution in [-0.2, 0) is 17.6 Å². The molecule has 0 fully saturated rings. The summed E-state index contributed by atoms with van der Waals surface area (Å²) in [5, 5.41) is 6.49. The zero-order valence-corrected chi connectivity index (χ0v) is 16.3. The van der Waals surface area contributed by atoms with Gasteiger partial charge in [-0.2, -0.15) is 0 Å². The topological polar surface area (TPSA) is 68.0 Å². The molecule has 2 aromatic heterocycles. The predicted octanol–water partition coefficient (Wildman–Crippen LogP) is 5.22. The smallest absolute Gasteiger partial charge is 0.230 e. The molecule has 1 N–H and O–H groups in total. The van der Waals surface area contributed by atoms with E-state index in [4.69, 9.17) is 16.0 Å². The first-order valence-corrected chi connectivity index (χ1v) is 9.88. The summed E-state index contributed by atoms with van der Waals surface area (Å²) in [6.07, 6.45) is 3.94. The largest absolute Gasteiger partial charge is 0.444 e. The van der Waals surface area contributed by atoms with E-state index in [0.717, 1.165) is 21.8 Å². The van der Waals surface area contributed by atoms with Crippen LogP contribution in [-0.4, -0.2) is 15.9 Å². The Hall–Kier alpha value is -2.96. The summed E-state index contributed by atoms with van der Waals surface area (Å²) in [7, 11) is 0. The summed E-state index contributed by atoms with van der Waals surface area (Å²) in [5.74, 6) is 0.538. The number of amides is 1. The molecule has 0 atom stereocenters. The second-order valence-electron chi connectivity index (χ2n) is 6.21. The van der Waals surface area contributed by atoms with E-state index in [1.165, 1.54) is 6.39 Å². The number of nitrogens with zero attached hydrogens (tertiary/aromatic N) is 2. The van der Waals surface area contributed by atoms with Crippen LogP contribution < -0.4 is 5.32 Å². The monoisotopic (exact) mass is 409 g/mol. The molecular formula is C21H16ClN3O2S. The molecule has 2 aromatic carbocycles. The van der Waals surface area contributed by atoms with E-state index in [0.29, 0.717) is 22.9 Å². The number of carbonyl (C=O) groups is 1. The molecule has 0 saturated heterocycles. The second-order valence-corrected chi connectivity index (χ2v) is 7.59. The Labute approximate surface area is 171 Å². The Morgan fingerprint density at radius 2 is 2.07 bits per heavy atom. The van der Waals surface area contributed by atoms with Crippen molar-refractivity contribution in [1.82, 2.24) is 9.97 Å². The summed E-state index contributed by atoms with van der Waals surface area (Å²) < 4.78 is 5.29. The standard InChI is InChI=1S/C21H16ClN3O2S/c22-16-5-1-3-14(7-16)8-21-25-18(12-28-21)10-20(26)24-17-6-2-4-15(9-17)19-11-23-13-27-19/h1-7,9,11-13H,8,10H2,(H,24,26). The average molecular weight is 410 g/mol. The van der Waals surface area contributed by atoms with Gasteiger partial charge in [-0.25, -0.2) is 9.97 Å². The van der Waals surface area contributed by atoms with Crippen molar-refractivity contribution in [3.63, 3.8) is 0 Å². The first kappa shape index (κ1) is 18.4. The summed E-state index contributed by atoms with van der Waals surface area (Å²) in [5.41, 5.74) is 3.41. The van der Waals surface area contributed by atoms with Gasteiger partial charge in [0.15, 0.2) is 12.2 Å². The van der Waals surface area contributed by atoms with Crippen LogP contribution in [0.15, 0.2) is 70.9 Å². The summed E-state index contributed by atoms with van der Waals surface area (Å²) in [4.78, 5) is 20.9. The summed E-state index contributed by atoms with van der Waals surface area (Å²) >= 11 is 7.57. The molecule has 0 aliphatic rings. The Bertz CT molecular complexity index is 1090. The van der Waals surface area contributed by atoms with Crippen molar-refractivity contribution >= 4 is 34.5 Å². The number of thiazole rings is 1. The number of hydrogen-bond donors (Lipinski definition) is 1. The number of anilines is 1. The molecule has 1 amide bonds. The van der Waals surface area contributed by atoms with Gasteiger partial charge in [0, 0.05) is 28.1 Å². The molecule has 0 radical (unpaired) electrons. The molecular weight excluding hydrogens is 394 g/mol. The lowest BCUT2D eigenvalue weighted by Gasteiger charge is -2.05. The molecule has 5 nitrogen and oxygen atoms in total. The molecule has 0 aliphatic heterocycles. The highest BCUT2D eigenvalue weighted by atomic mass is 35.5. The predicted molar refractivity (Wildman–Crippen MR) is 111 cm³/mol. The van der Waals surface area contributed by atoms with E-state index in [1.807, 2.05) is 53.9 Å². The molecule has 0 bridgehead atoms. The zero-order valence-electron chi connectivity index (χ0n) is 14.8. The van der Waals surface area contributed by atoms with Crippen molar-refractivity contribution in [3.8, 4) is 11.3 Å². The van der Waals surface area contributed by atoms with Crippen molar-refractivity contribution < 1.29 is 9.21 Å². The molecule has 0 spiro atoms. The Kier molecular flexibility index (Phi) is 5.50. The quantitative estimate of drug-likeness (QED) is 0.473. The number of halogens is 1. The Morgan fingerprint density at radius 1 is 1.18 bits per heavy atom. The highest BCUT2D eigenvalue weighted by molar-refractivity contribution is 7.09. The molecule has 4 aromatic rings. The molecule has 0 aliphatic carbocycles. The van der Waals surface area contributed by atoms with Crippen molar-refractivity contribution in [2.24, 2.45) is 0 Å². The maximum absolute atomic E-state index is 12.4. The second kappa shape index (κ2) is 8.37. The van der Waals surface area contributed by atoms with E-state index in [-0.39, 0.29) is 12.3 Å². The summed E-state index contributed by atoms with van der Waals surface area (Å²) in [6.45, 7) is 0. The minimum atomic E-state index is -0.116. The number of rotatable bonds is 6. The van der Waals surface area contributed by atoms with Crippen molar-refractivity contribution in [2.45, 2.75) is 12.8 Å². The maximum atomic E-state index is 12.4. The fraction of sp³-hybridized carbons (Fsp3) is 0.0952. The molecule has 2 heterocycles. The highest BCUT2D eigenvalue weighted by Crippen LogP contribution is 2.22. The van der Waals surface area contributed by atoms with E-state index in [2.05, 4.69) is 15.3 Å². The Morgan fingerprint density at radius 3 is 2.89 bits per heavy atom. The van der Waals surface area contributed by atoms with Crippen LogP contribution >= 0.6 is 22.9 Å². The molecule has 140 valence electrons. The highest BCUT2D eigenvalue weighted by Gasteiger charge is 2.10. The van der Waals surface area contributed by atoms with Gasteiger partial charge in [0.1, 0.15) is 0 Å². The SMILES string of the molecule is O=C(Cc1csc(Cc2cccc(Cl)c2)n1)Nc1cccc(-c2cnco2)c1. The van der Waals surface area contributed by atoms with Crippen LogP contribution in [0.3, 0.4) is 0 Å². The lowest BCUT2D eigenvalue weighted by atomic mass is 10.1. The van der Waals surface area contributed by atoms with Gasteiger partial charge < -0.3 is 9.73 Å². The first-order valence-electron chi connectivity index (χ1n) is 8.62. The lowest BCUT2D eigenvalue weighted by molar-refractivity contribution is -0.115. The molecule has 0 unspecified atom stereocenters. The minimum absolute atomic E-state index is 0.116. The normalized spacial score (nSPS) is 10.8. The number of nitrogens with one attached hydrogen (secondary N) is 1. The van der Waals surface area contributed by atoms with E-state index < -0.39 is 0 Å². The van der Waals surface area contributed by atoms with Crippen LogP contribution in [0.4, 0.5) is 5.69 Å². The lowest BCUT2D eigenvalue weighted by Crippen LogP contribution is -2.14. The number of aromatic nitrogens is 2. The number of oxazole rings is 1. The van der Waals surface area contributed by atoms with Gasteiger partial charge >= 0.3 is 0 Å². The molecule has 28 heavy (non-hydrogen) atoms. The van der Waals surface area contributed by atoms with Crippen molar-refractivity contribution in [2.75, 3.05) is 5.32 Å². The fourth-order valence-electron chi connectivity index (χ4n) is 2.81. The zero-order chi connectivity index (χ0) is 19.3. The van der Waals surface area contributed by atoms with E-state index >= 15 is 0 Å². The molecule has 0 saturated carbocycles. The van der Waals surface area contributed by atoms with Gasteiger partial charge in [-0.05, 0) is 29.8 Å². The van der Waals surface area contributed by atoms with Crippen LogP contribution in [0.25, 0.3) is 11.3 Å². The number of benzene rings is 2. The third-order valence-electron chi connectivity index (χ3n) is 4.05.